The molecule has 1 aromatic rings. The Labute approximate surface area is 114 Å². The second-order valence-electron chi connectivity index (χ2n) is 4.24. The summed E-state index contributed by atoms with van der Waals surface area (Å²) in [6.45, 7) is 7.67. The third-order valence-electron chi connectivity index (χ3n) is 3.10. The van der Waals surface area contributed by atoms with Crippen LogP contribution in [0.15, 0.2) is 18.2 Å². The van der Waals surface area contributed by atoms with Crippen molar-refractivity contribution < 1.29 is 9.53 Å². The molecule has 0 radical (unpaired) electrons. The van der Waals surface area contributed by atoms with Crippen LogP contribution in [0.3, 0.4) is 0 Å². The van der Waals surface area contributed by atoms with Crippen molar-refractivity contribution in [2.24, 2.45) is 0 Å². The monoisotopic (exact) mass is 265 g/mol. The minimum atomic E-state index is -0.110. The van der Waals surface area contributed by atoms with Crippen molar-refractivity contribution in [3.63, 3.8) is 0 Å². The van der Waals surface area contributed by atoms with Crippen LogP contribution in [0.2, 0.25) is 0 Å². The van der Waals surface area contributed by atoms with Crippen LogP contribution in [0.5, 0.6) is 5.75 Å². The minimum absolute atomic E-state index is 0.110. The van der Waals surface area contributed by atoms with Crippen molar-refractivity contribution in [3.05, 3.63) is 23.8 Å². The lowest BCUT2D eigenvalue weighted by Crippen LogP contribution is -2.34. The fourth-order valence-corrected chi connectivity index (χ4v) is 1.85. The van der Waals surface area contributed by atoms with Gasteiger partial charge in [0.1, 0.15) is 5.75 Å². The predicted octanol–water partition coefficient (Wildman–Crippen LogP) is 1.35. The molecule has 0 heterocycles. The summed E-state index contributed by atoms with van der Waals surface area (Å²) in [4.78, 5) is 14.2. The van der Waals surface area contributed by atoms with Gasteiger partial charge in [0, 0.05) is 18.7 Å². The van der Waals surface area contributed by atoms with Gasteiger partial charge in [-0.3, -0.25) is 4.79 Å². The number of nitrogen functional groups attached to an aromatic ring is 1. The third-order valence-corrected chi connectivity index (χ3v) is 3.10. The highest BCUT2D eigenvalue weighted by Gasteiger charge is 2.08. The van der Waals surface area contributed by atoms with Gasteiger partial charge in [0.15, 0.2) is 0 Å². The Hall–Kier alpha value is -1.75. The zero-order chi connectivity index (χ0) is 14.3. The second-order valence-corrected chi connectivity index (χ2v) is 4.24. The number of hydrogen-bond donors (Lipinski definition) is 2. The van der Waals surface area contributed by atoms with E-state index >= 15 is 0 Å². The Balaban J connectivity index is 2.52. The molecule has 0 aromatic heterocycles. The van der Waals surface area contributed by atoms with E-state index in [2.05, 4.69) is 24.1 Å². The van der Waals surface area contributed by atoms with Crippen LogP contribution >= 0.6 is 0 Å². The van der Waals surface area contributed by atoms with Gasteiger partial charge in [-0.2, -0.15) is 0 Å². The van der Waals surface area contributed by atoms with Gasteiger partial charge in [-0.15, -0.1) is 0 Å². The van der Waals surface area contributed by atoms with Gasteiger partial charge < -0.3 is 20.7 Å². The third kappa shape index (κ3) is 4.44. The molecule has 0 spiro atoms. The molecular formula is C14H23N3O2. The van der Waals surface area contributed by atoms with Crippen LogP contribution < -0.4 is 15.8 Å². The maximum absolute atomic E-state index is 11.9. The molecule has 5 heteroatoms. The van der Waals surface area contributed by atoms with Crippen molar-refractivity contribution >= 4 is 11.6 Å². The standard InChI is InChI=1S/C14H23N3O2/c1-4-17(5-2)9-8-16-14(18)11-6-7-13(19-3)12(15)10-11/h6-7,10H,4-5,8-9,15H2,1-3H3,(H,16,18). The van der Waals surface area contributed by atoms with E-state index in [4.69, 9.17) is 10.5 Å². The van der Waals surface area contributed by atoms with Gasteiger partial charge in [-0.05, 0) is 31.3 Å². The first-order valence-electron chi connectivity index (χ1n) is 6.56. The number of anilines is 1. The minimum Gasteiger partial charge on any atom is -0.495 e. The topological polar surface area (TPSA) is 67.6 Å². The van der Waals surface area contributed by atoms with Gasteiger partial charge in [0.25, 0.3) is 5.91 Å². The molecule has 0 fully saturated rings. The summed E-state index contributed by atoms with van der Waals surface area (Å²) in [6, 6.07) is 5.04. The fourth-order valence-electron chi connectivity index (χ4n) is 1.85. The molecule has 19 heavy (non-hydrogen) atoms. The molecule has 0 aliphatic rings. The largest absolute Gasteiger partial charge is 0.495 e. The average Bonchev–Trinajstić information content (AvgIpc) is 2.43. The lowest BCUT2D eigenvalue weighted by molar-refractivity contribution is 0.0949. The van der Waals surface area contributed by atoms with Crippen molar-refractivity contribution in [3.8, 4) is 5.75 Å². The number of nitrogens with one attached hydrogen (secondary N) is 1. The maximum atomic E-state index is 11.9. The maximum Gasteiger partial charge on any atom is 0.251 e. The highest BCUT2D eigenvalue weighted by molar-refractivity contribution is 5.95. The molecule has 0 aliphatic heterocycles. The molecule has 0 saturated heterocycles. The summed E-state index contributed by atoms with van der Waals surface area (Å²) in [5.74, 6) is 0.473. The Morgan fingerprint density at radius 2 is 2.05 bits per heavy atom. The van der Waals surface area contributed by atoms with E-state index in [1.54, 1.807) is 25.3 Å². The number of ether oxygens (including phenoxy) is 1. The normalized spacial score (nSPS) is 10.5. The van der Waals surface area contributed by atoms with E-state index < -0.39 is 0 Å². The highest BCUT2D eigenvalue weighted by atomic mass is 16.5. The number of nitrogens with two attached hydrogens (primary N) is 1. The zero-order valence-electron chi connectivity index (χ0n) is 11.9. The fraction of sp³-hybridized carbons (Fsp3) is 0.500. The summed E-state index contributed by atoms with van der Waals surface area (Å²) in [6.07, 6.45) is 0. The summed E-state index contributed by atoms with van der Waals surface area (Å²) >= 11 is 0. The zero-order valence-corrected chi connectivity index (χ0v) is 11.9. The van der Waals surface area contributed by atoms with Gasteiger partial charge in [-0.1, -0.05) is 13.8 Å². The molecular weight excluding hydrogens is 242 g/mol. The number of methoxy groups -OCH3 is 1. The van der Waals surface area contributed by atoms with Gasteiger partial charge in [-0.25, -0.2) is 0 Å². The SMILES string of the molecule is CCN(CC)CCNC(=O)c1ccc(OC)c(N)c1. The summed E-state index contributed by atoms with van der Waals surface area (Å²) in [5.41, 5.74) is 6.80. The molecule has 1 rings (SSSR count). The van der Waals surface area contributed by atoms with E-state index in [0.717, 1.165) is 19.6 Å². The Morgan fingerprint density at radius 3 is 2.58 bits per heavy atom. The van der Waals surface area contributed by atoms with Crippen LogP contribution in [-0.2, 0) is 0 Å². The van der Waals surface area contributed by atoms with E-state index in [9.17, 15) is 4.79 Å². The van der Waals surface area contributed by atoms with Crippen molar-refractivity contribution in [2.45, 2.75) is 13.8 Å². The van der Waals surface area contributed by atoms with Crippen molar-refractivity contribution in [2.75, 3.05) is 39.0 Å². The summed E-state index contributed by atoms with van der Waals surface area (Å²) < 4.78 is 5.06. The van der Waals surface area contributed by atoms with E-state index in [-0.39, 0.29) is 5.91 Å². The van der Waals surface area contributed by atoms with Gasteiger partial charge >= 0.3 is 0 Å². The van der Waals surface area contributed by atoms with Crippen molar-refractivity contribution in [1.82, 2.24) is 10.2 Å². The smallest absolute Gasteiger partial charge is 0.251 e. The van der Waals surface area contributed by atoms with Gasteiger partial charge in [0.05, 0.1) is 12.8 Å². The summed E-state index contributed by atoms with van der Waals surface area (Å²) in [5, 5.41) is 2.89. The Morgan fingerprint density at radius 1 is 1.37 bits per heavy atom. The first-order chi connectivity index (χ1) is 9.12. The molecule has 0 atom stereocenters. The van der Waals surface area contributed by atoms with Crippen LogP contribution in [0.25, 0.3) is 0 Å². The lowest BCUT2D eigenvalue weighted by atomic mass is 10.2. The van der Waals surface area contributed by atoms with E-state index in [1.165, 1.54) is 0 Å². The number of amides is 1. The number of carbonyl (C=O) groups is 1. The molecule has 5 nitrogen and oxygen atoms in total. The predicted molar refractivity (Wildman–Crippen MR) is 77.5 cm³/mol. The van der Waals surface area contributed by atoms with E-state index in [1.807, 2.05) is 0 Å². The molecule has 3 N–H and O–H groups in total. The highest BCUT2D eigenvalue weighted by Crippen LogP contribution is 2.21. The first kappa shape index (κ1) is 15.3. The molecule has 1 amide bonds. The molecule has 0 saturated carbocycles. The van der Waals surface area contributed by atoms with Crippen LogP contribution in [0.1, 0.15) is 24.2 Å². The quantitative estimate of drug-likeness (QED) is 0.730. The Bertz CT molecular complexity index is 417. The van der Waals surface area contributed by atoms with Crippen LogP contribution in [0.4, 0.5) is 5.69 Å². The average molecular weight is 265 g/mol. The number of carbonyl (C=O) groups excluding carboxylic acids is 1. The molecule has 0 bridgehead atoms. The summed E-state index contributed by atoms with van der Waals surface area (Å²) in [7, 11) is 1.55. The number of benzene rings is 1. The van der Waals surface area contributed by atoms with Crippen LogP contribution in [0, 0.1) is 0 Å². The van der Waals surface area contributed by atoms with E-state index in [0.29, 0.717) is 23.5 Å². The number of hydrogen-bond acceptors (Lipinski definition) is 4. The molecule has 0 unspecified atom stereocenters. The van der Waals surface area contributed by atoms with Crippen LogP contribution in [-0.4, -0.2) is 44.1 Å². The lowest BCUT2D eigenvalue weighted by Gasteiger charge is -2.18. The number of likely N-dealkylation sites (N-methyl/N-ethyl adjacent to an activating group) is 1. The first-order valence-corrected chi connectivity index (χ1v) is 6.56. The number of rotatable bonds is 7. The van der Waals surface area contributed by atoms with Crippen molar-refractivity contribution in [1.29, 1.82) is 0 Å². The molecule has 0 aliphatic carbocycles. The van der Waals surface area contributed by atoms with Gasteiger partial charge in [0.2, 0.25) is 0 Å². The molecule has 106 valence electrons. The Kier molecular flexibility index (Phi) is 6.15. The molecule has 1 aromatic carbocycles. The second kappa shape index (κ2) is 7.63. The number of nitrogens with zero attached hydrogens (tertiary/aromatic N) is 1.